The number of hydrogen-bond acceptors (Lipinski definition) is 5. The van der Waals surface area contributed by atoms with Crippen LogP contribution in [0.1, 0.15) is 22.7 Å². The lowest BCUT2D eigenvalue weighted by Gasteiger charge is -2.42. The SMILES string of the molecule is COc1c(C(NN)C2CN(C)CCN2C)ccc(C)c1C. The average molecular weight is 292 g/mol. The molecule has 1 saturated heterocycles. The highest BCUT2D eigenvalue weighted by Gasteiger charge is 2.32. The number of nitrogens with zero attached hydrogens (tertiary/aromatic N) is 2. The molecular formula is C16H28N4O. The van der Waals surface area contributed by atoms with Gasteiger partial charge in [-0.1, -0.05) is 12.1 Å². The van der Waals surface area contributed by atoms with Crippen LogP contribution in [0.25, 0.3) is 0 Å². The normalized spacial score (nSPS) is 22.3. The molecule has 0 aliphatic carbocycles. The van der Waals surface area contributed by atoms with E-state index >= 15 is 0 Å². The van der Waals surface area contributed by atoms with Crippen molar-refractivity contribution in [2.75, 3.05) is 40.8 Å². The second-order valence-electron chi connectivity index (χ2n) is 6.08. The maximum absolute atomic E-state index is 5.90. The smallest absolute Gasteiger partial charge is 0.126 e. The van der Waals surface area contributed by atoms with E-state index < -0.39 is 0 Å². The molecule has 21 heavy (non-hydrogen) atoms. The van der Waals surface area contributed by atoms with Crippen LogP contribution < -0.4 is 16.0 Å². The summed E-state index contributed by atoms with van der Waals surface area (Å²) in [7, 11) is 6.05. The highest BCUT2D eigenvalue weighted by molar-refractivity contribution is 5.47. The van der Waals surface area contributed by atoms with Gasteiger partial charge in [0.1, 0.15) is 5.75 Å². The zero-order valence-electron chi connectivity index (χ0n) is 13.8. The number of aryl methyl sites for hydroxylation is 1. The fraction of sp³-hybridized carbons (Fsp3) is 0.625. The summed E-state index contributed by atoms with van der Waals surface area (Å²) < 4.78 is 5.66. The quantitative estimate of drug-likeness (QED) is 0.642. The Morgan fingerprint density at radius 2 is 2.00 bits per heavy atom. The lowest BCUT2D eigenvalue weighted by molar-refractivity contribution is 0.0869. The summed E-state index contributed by atoms with van der Waals surface area (Å²) in [4.78, 5) is 4.72. The highest BCUT2D eigenvalue weighted by atomic mass is 16.5. The molecule has 1 aliphatic heterocycles. The summed E-state index contributed by atoms with van der Waals surface area (Å²) in [5, 5.41) is 0. The van der Waals surface area contributed by atoms with Gasteiger partial charge in [-0.15, -0.1) is 0 Å². The van der Waals surface area contributed by atoms with Gasteiger partial charge in [0, 0.05) is 31.2 Å². The fourth-order valence-corrected chi connectivity index (χ4v) is 3.14. The van der Waals surface area contributed by atoms with Gasteiger partial charge in [-0.3, -0.25) is 16.2 Å². The maximum atomic E-state index is 5.90. The Morgan fingerprint density at radius 1 is 1.29 bits per heavy atom. The number of rotatable bonds is 4. The van der Waals surface area contributed by atoms with Gasteiger partial charge in [0.2, 0.25) is 0 Å². The number of hydrazine groups is 1. The minimum Gasteiger partial charge on any atom is -0.496 e. The average Bonchev–Trinajstić information content (AvgIpc) is 2.47. The van der Waals surface area contributed by atoms with Gasteiger partial charge in [-0.05, 0) is 39.1 Å². The van der Waals surface area contributed by atoms with Crippen LogP contribution in [0.4, 0.5) is 0 Å². The van der Waals surface area contributed by atoms with E-state index in [1.807, 2.05) is 0 Å². The molecule has 1 heterocycles. The molecule has 1 fully saturated rings. The number of ether oxygens (including phenoxy) is 1. The molecule has 0 spiro atoms. The first kappa shape index (κ1) is 16.2. The van der Waals surface area contributed by atoms with Crippen LogP contribution in [0, 0.1) is 13.8 Å². The van der Waals surface area contributed by atoms with Crippen molar-refractivity contribution in [2.45, 2.75) is 25.9 Å². The summed E-state index contributed by atoms with van der Waals surface area (Å²) in [6, 6.07) is 4.65. The molecule has 1 aliphatic rings. The molecule has 3 N–H and O–H groups in total. The molecule has 1 aromatic rings. The van der Waals surface area contributed by atoms with Crippen molar-refractivity contribution in [3.05, 3.63) is 28.8 Å². The van der Waals surface area contributed by atoms with Crippen molar-refractivity contribution in [1.29, 1.82) is 0 Å². The summed E-state index contributed by atoms with van der Waals surface area (Å²) >= 11 is 0. The number of methoxy groups -OCH3 is 1. The molecule has 0 aromatic heterocycles. The molecule has 0 radical (unpaired) electrons. The van der Waals surface area contributed by atoms with Crippen molar-refractivity contribution in [1.82, 2.24) is 15.2 Å². The Balaban J connectivity index is 2.39. The van der Waals surface area contributed by atoms with Crippen LogP contribution >= 0.6 is 0 Å². The standard InChI is InChI=1S/C16H28N4O/c1-11-6-7-13(16(21-5)12(11)2)15(18-17)14-10-19(3)8-9-20(14)4/h6-7,14-15,18H,8-10,17H2,1-5H3. The van der Waals surface area contributed by atoms with Crippen molar-refractivity contribution in [3.8, 4) is 5.75 Å². The molecule has 118 valence electrons. The zero-order chi connectivity index (χ0) is 15.6. The van der Waals surface area contributed by atoms with Crippen LogP contribution in [0.15, 0.2) is 12.1 Å². The third-order valence-electron chi connectivity index (χ3n) is 4.71. The Morgan fingerprint density at radius 3 is 2.62 bits per heavy atom. The summed E-state index contributed by atoms with van der Waals surface area (Å²) in [5.74, 6) is 6.85. The zero-order valence-corrected chi connectivity index (χ0v) is 13.8. The first-order valence-electron chi connectivity index (χ1n) is 7.48. The lowest BCUT2D eigenvalue weighted by Crippen LogP contribution is -2.56. The van der Waals surface area contributed by atoms with E-state index in [9.17, 15) is 0 Å². The highest BCUT2D eigenvalue weighted by Crippen LogP contribution is 2.33. The summed E-state index contributed by atoms with van der Waals surface area (Å²) in [5.41, 5.74) is 6.57. The number of piperazine rings is 1. The van der Waals surface area contributed by atoms with Crippen LogP contribution in [0.2, 0.25) is 0 Å². The lowest BCUT2D eigenvalue weighted by atomic mass is 9.93. The van der Waals surface area contributed by atoms with Gasteiger partial charge in [0.05, 0.1) is 13.2 Å². The molecule has 0 amide bonds. The van der Waals surface area contributed by atoms with Gasteiger partial charge in [-0.2, -0.15) is 0 Å². The molecule has 5 heteroatoms. The topological polar surface area (TPSA) is 53.8 Å². The summed E-state index contributed by atoms with van der Waals surface area (Å²) in [6.45, 7) is 7.33. The van der Waals surface area contributed by atoms with Gasteiger partial charge in [0.15, 0.2) is 0 Å². The van der Waals surface area contributed by atoms with Gasteiger partial charge < -0.3 is 9.64 Å². The second-order valence-corrected chi connectivity index (χ2v) is 6.08. The molecule has 2 unspecified atom stereocenters. The van der Waals surface area contributed by atoms with Crippen LogP contribution in [-0.2, 0) is 0 Å². The predicted octanol–water partition coefficient (Wildman–Crippen LogP) is 1.06. The molecule has 1 aromatic carbocycles. The largest absolute Gasteiger partial charge is 0.496 e. The number of hydrogen-bond donors (Lipinski definition) is 2. The minimum atomic E-state index is 0.0481. The second kappa shape index (κ2) is 6.75. The molecule has 0 saturated carbocycles. The van der Waals surface area contributed by atoms with Crippen molar-refractivity contribution < 1.29 is 4.74 Å². The number of nitrogens with one attached hydrogen (secondary N) is 1. The summed E-state index contributed by atoms with van der Waals surface area (Å²) in [6.07, 6.45) is 0. The van der Waals surface area contributed by atoms with Gasteiger partial charge in [-0.25, -0.2) is 0 Å². The van der Waals surface area contributed by atoms with E-state index in [4.69, 9.17) is 10.6 Å². The fourth-order valence-electron chi connectivity index (χ4n) is 3.14. The van der Waals surface area contributed by atoms with E-state index in [1.165, 1.54) is 11.1 Å². The van der Waals surface area contributed by atoms with E-state index in [0.29, 0.717) is 6.04 Å². The van der Waals surface area contributed by atoms with Crippen molar-refractivity contribution in [3.63, 3.8) is 0 Å². The van der Waals surface area contributed by atoms with E-state index in [-0.39, 0.29) is 6.04 Å². The molecule has 2 rings (SSSR count). The Hall–Kier alpha value is -1.14. The maximum Gasteiger partial charge on any atom is 0.126 e. The minimum absolute atomic E-state index is 0.0481. The van der Waals surface area contributed by atoms with Gasteiger partial charge in [0.25, 0.3) is 0 Å². The number of likely N-dealkylation sites (N-methyl/N-ethyl adjacent to an activating group) is 2. The number of nitrogens with two attached hydrogens (primary N) is 1. The monoisotopic (exact) mass is 292 g/mol. The van der Waals surface area contributed by atoms with E-state index in [0.717, 1.165) is 30.9 Å². The Bertz CT molecular complexity index is 491. The number of benzene rings is 1. The van der Waals surface area contributed by atoms with E-state index in [2.05, 4.69) is 55.3 Å². The third kappa shape index (κ3) is 3.21. The van der Waals surface area contributed by atoms with Crippen LogP contribution in [0.3, 0.4) is 0 Å². The Kier molecular flexibility index (Phi) is 5.22. The third-order valence-corrected chi connectivity index (χ3v) is 4.71. The van der Waals surface area contributed by atoms with Crippen LogP contribution in [-0.4, -0.2) is 56.7 Å². The van der Waals surface area contributed by atoms with Crippen LogP contribution in [0.5, 0.6) is 5.75 Å². The first-order valence-corrected chi connectivity index (χ1v) is 7.48. The molecular weight excluding hydrogens is 264 g/mol. The van der Waals surface area contributed by atoms with Crippen molar-refractivity contribution >= 4 is 0 Å². The Labute approximate surface area is 128 Å². The van der Waals surface area contributed by atoms with Gasteiger partial charge >= 0.3 is 0 Å². The van der Waals surface area contributed by atoms with E-state index in [1.54, 1.807) is 7.11 Å². The van der Waals surface area contributed by atoms with Crippen molar-refractivity contribution in [2.24, 2.45) is 5.84 Å². The predicted molar refractivity (Wildman–Crippen MR) is 86.4 cm³/mol. The molecule has 5 nitrogen and oxygen atoms in total. The molecule has 2 atom stereocenters. The first-order chi connectivity index (χ1) is 9.99. The molecule has 0 bridgehead atoms.